The van der Waals surface area contributed by atoms with Crippen LogP contribution in [0, 0.1) is 17.2 Å². The normalized spacial score (nSPS) is 34.1. The molecule has 2 aliphatic rings. The number of likely N-dealkylation sites (tertiary alicyclic amines) is 1. The van der Waals surface area contributed by atoms with E-state index in [0.717, 1.165) is 19.3 Å². The van der Waals surface area contributed by atoms with Gasteiger partial charge in [-0.2, -0.15) is 5.26 Å². The van der Waals surface area contributed by atoms with Crippen LogP contribution in [0.5, 0.6) is 0 Å². The van der Waals surface area contributed by atoms with Gasteiger partial charge in [0.05, 0.1) is 12.0 Å². The summed E-state index contributed by atoms with van der Waals surface area (Å²) in [5, 5.41) is 18.4. The molecule has 3 unspecified atom stereocenters. The maximum atomic E-state index is 9.39. The Labute approximate surface area is 111 Å². The lowest BCUT2D eigenvalue weighted by molar-refractivity contribution is 0.127. The number of aliphatic hydroxyl groups excluding tert-OH is 1. The summed E-state index contributed by atoms with van der Waals surface area (Å²) in [6.45, 7) is 1.47. The number of hydrogen-bond donors (Lipinski definition) is 1. The molecule has 0 aromatic rings. The summed E-state index contributed by atoms with van der Waals surface area (Å²) in [4.78, 5) is 2.61. The number of aliphatic hydroxyl groups is 1. The molecule has 0 aromatic carbocycles. The minimum atomic E-state index is 0.238. The van der Waals surface area contributed by atoms with E-state index in [9.17, 15) is 5.26 Å². The van der Waals surface area contributed by atoms with Crippen LogP contribution in [0.1, 0.15) is 57.8 Å². The van der Waals surface area contributed by atoms with Gasteiger partial charge in [-0.1, -0.05) is 19.3 Å². The average Bonchev–Trinajstić information content (AvgIpc) is 2.72. The van der Waals surface area contributed by atoms with Crippen molar-refractivity contribution in [3.8, 4) is 6.07 Å². The molecule has 1 aliphatic heterocycles. The van der Waals surface area contributed by atoms with Crippen molar-refractivity contribution in [2.75, 3.05) is 13.2 Å². The number of nitrogens with zero attached hydrogens (tertiary/aromatic N) is 2. The molecule has 0 aromatic heterocycles. The molecule has 2 fully saturated rings. The van der Waals surface area contributed by atoms with Gasteiger partial charge in [0.1, 0.15) is 0 Å². The second kappa shape index (κ2) is 7.11. The van der Waals surface area contributed by atoms with E-state index in [4.69, 9.17) is 5.11 Å². The monoisotopic (exact) mass is 250 g/mol. The maximum Gasteiger partial charge on any atom is 0.0672 e. The highest BCUT2D eigenvalue weighted by Gasteiger charge is 2.35. The smallest absolute Gasteiger partial charge is 0.0672 e. The fourth-order valence-corrected chi connectivity index (χ4v) is 3.77. The van der Waals surface area contributed by atoms with Crippen molar-refractivity contribution < 1.29 is 5.11 Å². The van der Waals surface area contributed by atoms with Gasteiger partial charge in [-0.3, -0.25) is 4.90 Å². The molecule has 3 atom stereocenters. The topological polar surface area (TPSA) is 47.3 Å². The van der Waals surface area contributed by atoms with E-state index in [1.807, 2.05) is 0 Å². The van der Waals surface area contributed by atoms with Gasteiger partial charge in [0, 0.05) is 18.7 Å². The molecule has 2 rings (SSSR count). The summed E-state index contributed by atoms with van der Waals surface area (Å²) in [5.74, 6) is 0.238. The molecular formula is C15H26N2O. The summed E-state index contributed by atoms with van der Waals surface area (Å²) in [7, 11) is 0. The Morgan fingerprint density at radius 2 is 1.94 bits per heavy atom. The van der Waals surface area contributed by atoms with E-state index in [1.165, 1.54) is 45.1 Å². The lowest BCUT2D eigenvalue weighted by atomic mass is 9.93. The lowest BCUT2D eigenvalue weighted by Gasteiger charge is -2.35. The third-order valence-electron chi connectivity index (χ3n) is 4.69. The Morgan fingerprint density at radius 3 is 2.72 bits per heavy atom. The van der Waals surface area contributed by atoms with Gasteiger partial charge in [-0.15, -0.1) is 0 Å². The molecule has 102 valence electrons. The Kier molecular flexibility index (Phi) is 5.46. The number of hydrogen-bond acceptors (Lipinski definition) is 3. The largest absolute Gasteiger partial charge is 0.396 e. The Bertz CT molecular complexity index is 287. The zero-order valence-corrected chi connectivity index (χ0v) is 11.4. The molecule has 1 saturated heterocycles. The van der Waals surface area contributed by atoms with Gasteiger partial charge in [-0.05, 0) is 45.1 Å². The first-order valence-electron chi connectivity index (χ1n) is 7.63. The first-order valence-corrected chi connectivity index (χ1v) is 7.63. The third kappa shape index (κ3) is 3.24. The second-order valence-electron chi connectivity index (χ2n) is 5.84. The molecule has 3 heteroatoms. The van der Waals surface area contributed by atoms with E-state index in [-0.39, 0.29) is 5.92 Å². The molecular weight excluding hydrogens is 224 g/mol. The Hall–Kier alpha value is -0.590. The molecule has 18 heavy (non-hydrogen) atoms. The van der Waals surface area contributed by atoms with Gasteiger partial charge in [-0.25, -0.2) is 0 Å². The van der Waals surface area contributed by atoms with E-state index >= 15 is 0 Å². The van der Waals surface area contributed by atoms with E-state index in [0.29, 0.717) is 18.7 Å². The summed E-state index contributed by atoms with van der Waals surface area (Å²) in [5.41, 5.74) is 0. The fourth-order valence-electron chi connectivity index (χ4n) is 3.77. The SMILES string of the molecule is N#CC1CCCCCC1N1CCCC1CCCO. The van der Waals surface area contributed by atoms with Crippen molar-refractivity contribution in [1.29, 1.82) is 5.26 Å². The number of rotatable bonds is 4. The van der Waals surface area contributed by atoms with E-state index < -0.39 is 0 Å². The predicted molar refractivity (Wildman–Crippen MR) is 72.0 cm³/mol. The predicted octanol–water partition coefficient (Wildman–Crippen LogP) is 2.70. The molecule has 0 radical (unpaired) electrons. The van der Waals surface area contributed by atoms with Crippen molar-refractivity contribution in [2.45, 2.75) is 69.9 Å². The molecule has 3 nitrogen and oxygen atoms in total. The lowest BCUT2D eigenvalue weighted by Crippen LogP contribution is -2.43. The van der Waals surface area contributed by atoms with Crippen molar-refractivity contribution in [3.05, 3.63) is 0 Å². The minimum absolute atomic E-state index is 0.238. The Balaban J connectivity index is 2.00. The van der Waals surface area contributed by atoms with E-state index in [2.05, 4.69) is 11.0 Å². The zero-order valence-electron chi connectivity index (χ0n) is 11.4. The molecule has 0 bridgehead atoms. The van der Waals surface area contributed by atoms with Crippen LogP contribution >= 0.6 is 0 Å². The molecule has 1 N–H and O–H groups in total. The average molecular weight is 250 g/mol. The van der Waals surface area contributed by atoms with Crippen LogP contribution in [0.3, 0.4) is 0 Å². The van der Waals surface area contributed by atoms with Crippen LogP contribution in [-0.4, -0.2) is 35.2 Å². The fraction of sp³-hybridized carbons (Fsp3) is 0.933. The Morgan fingerprint density at radius 1 is 1.11 bits per heavy atom. The van der Waals surface area contributed by atoms with Crippen molar-refractivity contribution >= 4 is 0 Å². The van der Waals surface area contributed by atoms with Crippen LogP contribution in [0.4, 0.5) is 0 Å². The minimum Gasteiger partial charge on any atom is -0.396 e. The molecule has 1 heterocycles. The second-order valence-corrected chi connectivity index (χ2v) is 5.84. The van der Waals surface area contributed by atoms with Crippen LogP contribution in [-0.2, 0) is 0 Å². The molecule has 0 spiro atoms. The standard InChI is InChI=1S/C15H26N2O/c16-12-13-6-2-1-3-9-15(13)17-10-4-7-14(17)8-5-11-18/h13-15,18H,1-11H2. The van der Waals surface area contributed by atoms with Crippen molar-refractivity contribution in [1.82, 2.24) is 4.90 Å². The van der Waals surface area contributed by atoms with Crippen LogP contribution in [0.15, 0.2) is 0 Å². The van der Waals surface area contributed by atoms with Crippen LogP contribution < -0.4 is 0 Å². The summed E-state index contributed by atoms with van der Waals surface area (Å²) < 4.78 is 0. The van der Waals surface area contributed by atoms with Crippen molar-refractivity contribution in [3.63, 3.8) is 0 Å². The quantitative estimate of drug-likeness (QED) is 0.780. The highest BCUT2D eigenvalue weighted by molar-refractivity contribution is 4.97. The van der Waals surface area contributed by atoms with Crippen LogP contribution in [0.2, 0.25) is 0 Å². The van der Waals surface area contributed by atoms with Crippen molar-refractivity contribution in [2.24, 2.45) is 5.92 Å². The molecule has 1 saturated carbocycles. The maximum absolute atomic E-state index is 9.39. The van der Waals surface area contributed by atoms with Gasteiger partial charge in [0.2, 0.25) is 0 Å². The van der Waals surface area contributed by atoms with Gasteiger partial charge >= 0.3 is 0 Å². The first-order chi connectivity index (χ1) is 8.86. The summed E-state index contributed by atoms with van der Waals surface area (Å²) in [6, 6.07) is 3.67. The van der Waals surface area contributed by atoms with Gasteiger partial charge < -0.3 is 5.11 Å². The highest BCUT2D eigenvalue weighted by Crippen LogP contribution is 2.33. The number of nitriles is 1. The van der Waals surface area contributed by atoms with Gasteiger partial charge in [0.25, 0.3) is 0 Å². The first kappa shape index (κ1) is 13.8. The molecule has 1 aliphatic carbocycles. The third-order valence-corrected chi connectivity index (χ3v) is 4.69. The van der Waals surface area contributed by atoms with Crippen LogP contribution in [0.25, 0.3) is 0 Å². The molecule has 0 amide bonds. The van der Waals surface area contributed by atoms with E-state index in [1.54, 1.807) is 0 Å². The summed E-state index contributed by atoms with van der Waals surface area (Å²) >= 11 is 0. The van der Waals surface area contributed by atoms with Gasteiger partial charge in [0.15, 0.2) is 0 Å². The zero-order chi connectivity index (χ0) is 12.8. The highest BCUT2D eigenvalue weighted by atomic mass is 16.2. The summed E-state index contributed by atoms with van der Waals surface area (Å²) in [6.07, 6.45) is 10.6.